The van der Waals surface area contributed by atoms with E-state index in [2.05, 4.69) is 20.4 Å². The molecule has 5 rings (SSSR count). The lowest BCUT2D eigenvalue weighted by Gasteiger charge is -2.13. The molecular weight excluding hydrogens is 454 g/mol. The molecule has 1 aliphatic heterocycles. The molecule has 0 aliphatic carbocycles. The Morgan fingerprint density at radius 3 is 2.88 bits per heavy atom. The molecule has 10 nitrogen and oxygen atoms in total. The zero-order chi connectivity index (χ0) is 23.7. The summed E-state index contributed by atoms with van der Waals surface area (Å²) in [5, 5.41) is 8.26. The number of thioether (sulfide) groups is 1. The number of carbonyl (C=O) groups is 1. The number of aryl methyl sites for hydroxylation is 1. The number of hydrogen-bond donors (Lipinski definition) is 1. The Morgan fingerprint density at radius 1 is 1.24 bits per heavy atom. The fourth-order valence-corrected chi connectivity index (χ4v) is 5.25. The summed E-state index contributed by atoms with van der Waals surface area (Å²) in [6.07, 6.45) is 3.24. The maximum Gasteiger partial charge on any atom is 0.264 e. The SMILES string of the molecule is Cc1cc(=O)n2c(n1)SCC2CC(=O)NCCn1ncc2c(=O)n(Cc3ccccc3)cnc21. The van der Waals surface area contributed by atoms with Gasteiger partial charge in [-0.15, -0.1) is 0 Å². The van der Waals surface area contributed by atoms with E-state index in [9.17, 15) is 14.4 Å². The summed E-state index contributed by atoms with van der Waals surface area (Å²) >= 11 is 1.49. The van der Waals surface area contributed by atoms with E-state index >= 15 is 0 Å². The van der Waals surface area contributed by atoms with Crippen molar-refractivity contribution in [3.05, 3.63) is 80.9 Å². The fourth-order valence-electron chi connectivity index (χ4n) is 4.05. The number of nitrogens with one attached hydrogen (secondary N) is 1. The summed E-state index contributed by atoms with van der Waals surface area (Å²) in [5.41, 5.74) is 1.89. The van der Waals surface area contributed by atoms with Gasteiger partial charge in [0.2, 0.25) is 5.91 Å². The lowest BCUT2D eigenvalue weighted by Crippen LogP contribution is -2.32. The summed E-state index contributed by atoms with van der Waals surface area (Å²) in [4.78, 5) is 46.4. The van der Waals surface area contributed by atoms with Crippen LogP contribution in [0.25, 0.3) is 11.0 Å². The van der Waals surface area contributed by atoms with Gasteiger partial charge in [-0.3, -0.25) is 23.5 Å². The Bertz CT molecular complexity index is 1480. The van der Waals surface area contributed by atoms with Crippen molar-refractivity contribution in [1.82, 2.24) is 34.2 Å². The van der Waals surface area contributed by atoms with Crippen LogP contribution in [0.15, 0.2) is 63.7 Å². The summed E-state index contributed by atoms with van der Waals surface area (Å²) < 4.78 is 4.77. The molecule has 0 radical (unpaired) electrons. The van der Waals surface area contributed by atoms with E-state index in [-0.39, 0.29) is 29.5 Å². The van der Waals surface area contributed by atoms with Gasteiger partial charge in [-0.05, 0) is 12.5 Å². The molecular formula is C23H23N7O3S. The summed E-state index contributed by atoms with van der Waals surface area (Å²) in [5.74, 6) is 0.489. The third-order valence-electron chi connectivity index (χ3n) is 5.70. The minimum Gasteiger partial charge on any atom is -0.354 e. The molecule has 1 N–H and O–H groups in total. The van der Waals surface area contributed by atoms with Gasteiger partial charge in [0.25, 0.3) is 11.1 Å². The van der Waals surface area contributed by atoms with Crippen molar-refractivity contribution in [2.75, 3.05) is 12.3 Å². The van der Waals surface area contributed by atoms with Crippen LogP contribution >= 0.6 is 11.8 Å². The predicted octanol–water partition coefficient (Wildman–Crippen LogP) is 1.36. The van der Waals surface area contributed by atoms with Gasteiger partial charge in [-0.1, -0.05) is 42.1 Å². The number of aromatic nitrogens is 6. The molecule has 0 saturated heterocycles. The first-order valence-corrected chi connectivity index (χ1v) is 11.9. The zero-order valence-electron chi connectivity index (χ0n) is 18.5. The normalized spacial score (nSPS) is 14.9. The Balaban J connectivity index is 1.21. The van der Waals surface area contributed by atoms with Gasteiger partial charge in [0.05, 0.1) is 25.3 Å². The van der Waals surface area contributed by atoms with Crippen molar-refractivity contribution < 1.29 is 4.79 Å². The van der Waals surface area contributed by atoms with Crippen LogP contribution < -0.4 is 16.4 Å². The third kappa shape index (κ3) is 4.38. The number of hydrogen-bond acceptors (Lipinski definition) is 7. The van der Waals surface area contributed by atoms with Gasteiger partial charge in [-0.2, -0.15) is 5.10 Å². The molecule has 1 aliphatic rings. The van der Waals surface area contributed by atoms with Crippen molar-refractivity contribution in [3.8, 4) is 0 Å². The number of rotatable bonds is 7. The second-order valence-electron chi connectivity index (χ2n) is 8.18. The van der Waals surface area contributed by atoms with Gasteiger partial charge >= 0.3 is 0 Å². The maximum absolute atomic E-state index is 12.8. The van der Waals surface area contributed by atoms with E-state index in [1.807, 2.05) is 30.3 Å². The van der Waals surface area contributed by atoms with Crippen LogP contribution in [0.2, 0.25) is 0 Å². The fraction of sp³-hybridized carbons (Fsp3) is 0.304. The number of amides is 1. The van der Waals surface area contributed by atoms with Crippen molar-refractivity contribution in [3.63, 3.8) is 0 Å². The van der Waals surface area contributed by atoms with Crippen molar-refractivity contribution >= 4 is 28.7 Å². The molecule has 0 bridgehead atoms. The largest absolute Gasteiger partial charge is 0.354 e. The summed E-state index contributed by atoms with van der Waals surface area (Å²) in [7, 11) is 0. The van der Waals surface area contributed by atoms with E-state index < -0.39 is 0 Å². The van der Waals surface area contributed by atoms with E-state index in [0.29, 0.717) is 47.3 Å². The van der Waals surface area contributed by atoms with E-state index in [1.54, 1.807) is 20.7 Å². The molecule has 34 heavy (non-hydrogen) atoms. The maximum atomic E-state index is 12.8. The Hall–Kier alpha value is -3.73. The van der Waals surface area contributed by atoms with Crippen LogP contribution in [0.1, 0.15) is 23.7 Å². The molecule has 1 aromatic carbocycles. The second kappa shape index (κ2) is 9.26. The molecule has 11 heteroatoms. The molecule has 0 saturated carbocycles. The molecule has 3 aromatic heterocycles. The minimum absolute atomic E-state index is 0.127. The lowest BCUT2D eigenvalue weighted by atomic mass is 10.2. The van der Waals surface area contributed by atoms with E-state index in [1.165, 1.54) is 30.4 Å². The molecule has 1 amide bonds. The number of fused-ring (bicyclic) bond motifs is 2. The predicted molar refractivity (Wildman–Crippen MR) is 128 cm³/mol. The monoisotopic (exact) mass is 477 g/mol. The Morgan fingerprint density at radius 2 is 2.06 bits per heavy atom. The number of nitrogens with zero attached hydrogens (tertiary/aromatic N) is 6. The lowest BCUT2D eigenvalue weighted by molar-refractivity contribution is -0.121. The van der Waals surface area contributed by atoms with Crippen LogP contribution in [0, 0.1) is 6.92 Å². The van der Waals surface area contributed by atoms with Gasteiger partial charge in [0.15, 0.2) is 10.8 Å². The highest BCUT2D eigenvalue weighted by atomic mass is 32.2. The van der Waals surface area contributed by atoms with Gasteiger partial charge in [-0.25, -0.2) is 14.6 Å². The van der Waals surface area contributed by atoms with Crippen molar-refractivity contribution in [2.45, 2.75) is 37.6 Å². The average molecular weight is 478 g/mol. The molecule has 4 aromatic rings. The highest BCUT2D eigenvalue weighted by Crippen LogP contribution is 2.31. The standard InChI is InChI=1S/C23H23N7O3S/c1-15-9-20(32)30-17(13-34-23(30)27-15)10-19(31)24-7-8-29-21-18(11-26-29)22(33)28(14-25-21)12-16-5-3-2-4-6-16/h2-6,9,11,14,17H,7-8,10,12-13H2,1H3,(H,24,31). The molecule has 1 atom stereocenters. The van der Waals surface area contributed by atoms with E-state index in [0.717, 1.165) is 5.56 Å². The van der Waals surface area contributed by atoms with E-state index in [4.69, 9.17) is 0 Å². The highest BCUT2D eigenvalue weighted by molar-refractivity contribution is 7.99. The Labute approximate surface area is 198 Å². The van der Waals surface area contributed by atoms with Crippen LogP contribution in [0.4, 0.5) is 0 Å². The third-order valence-corrected chi connectivity index (χ3v) is 6.80. The van der Waals surface area contributed by atoms with Gasteiger partial charge in [0, 0.05) is 30.5 Å². The minimum atomic E-state index is -0.212. The summed E-state index contributed by atoms with van der Waals surface area (Å²) in [6.45, 7) is 2.93. The van der Waals surface area contributed by atoms with Gasteiger partial charge in [0.1, 0.15) is 11.7 Å². The van der Waals surface area contributed by atoms with Crippen LogP contribution in [-0.2, 0) is 17.9 Å². The highest BCUT2D eigenvalue weighted by Gasteiger charge is 2.27. The van der Waals surface area contributed by atoms with Gasteiger partial charge < -0.3 is 5.32 Å². The van der Waals surface area contributed by atoms with Crippen molar-refractivity contribution in [1.29, 1.82) is 0 Å². The molecule has 174 valence electrons. The zero-order valence-corrected chi connectivity index (χ0v) is 19.4. The van der Waals surface area contributed by atoms with Crippen molar-refractivity contribution in [2.24, 2.45) is 0 Å². The van der Waals surface area contributed by atoms with Crippen LogP contribution in [-0.4, -0.2) is 47.1 Å². The quantitative estimate of drug-likeness (QED) is 0.400. The number of benzene rings is 1. The molecule has 0 fully saturated rings. The first-order valence-electron chi connectivity index (χ1n) is 10.9. The smallest absolute Gasteiger partial charge is 0.264 e. The van der Waals surface area contributed by atoms with Crippen LogP contribution in [0.3, 0.4) is 0 Å². The number of carbonyl (C=O) groups excluding carboxylic acids is 1. The molecule has 1 unspecified atom stereocenters. The van der Waals surface area contributed by atoms with Crippen LogP contribution in [0.5, 0.6) is 0 Å². The molecule has 4 heterocycles. The molecule has 0 spiro atoms. The first-order chi connectivity index (χ1) is 16.5. The topological polar surface area (TPSA) is 117 Å². The Kier molecular flexibility index (Phi) is 6.01. The average Bonchev–Trinajstić information content (AvgIpc) is 3.41. The second-order valence-corrected chi connectivity index (χ2v) is 9.16. The first kappa shape index (κ1) is 22.1. The summed E-state index contributed by atoms with van der Waals surface area (Å²) in [6, 6.07) is 11.0.